The van der Waals surface area contributed by atoms with E-state index < -0.39 is 0 Å². The molecule has 0 unspecified atom stereocenters. The Balaban J connectivity index is 1.38. The molecular weight excluding hydrogens is 210 g/mol. The van der Waals surface area contributed by atoms with E-state index in [1.807, 2.05) is 0 Å². The number of ether oxygens (including phenoxy) is 1. The summed E-state index contributed by atoms with van der Waals surface area (Å²) in [4.78, 5) is 0. The van der Waals surface area contributed by atoms with Crippen LogP contribution >= 0.6 is 0 Å². The van der Waals surface area contributed by atoms with Crippen molar-refractivity contribution in [3.8, 4) is 0 Å². The van der Waals surface area contributed by atoms with Gasteiger partial charge in [-0.25, -0.2) is 0 Å². The fourth-order valence-corrected chi connectivity index (χ4v) is 3.27. The smallest absolute Gasteiger partial charge is 0.0591 e. The Morgan fingerprint density at radius 2 is 1.47 bits per heavy atom. The van der Waals surface area contributed by atoms with Crippen molar-refractivity contribution in [1.29, 1.82) is 0 Å². The zero-order chi connectivity index (χ0) is 11.8. The average Bonchev–Trinajstić information content (AvgIpc) is 2.88. The van der Waals surface area contributed by atoms with E-state index in [4.69, 9.17) is 4.74 Å². The lowest BCUT2D eigenvalue weighted by Gasteiger charge is -2.21. The van der Waals surface area contributed by atoms with Gasteiger partial charge in [-0.3, -0.25) is 0 Å². The lowest BCUT2D eigenvalue weighted by molar-refractivity contribution is 0.102. The van der Waals surface area contributed by atoms with Gasteiger partial charge in [0.15, 0.2) is 0 Å². The van der Waals surface area contributed by atoms with E-state index in [0.717, 1.165) is 31.6 Å². The molecule has 0 atom stereocenters. The summed E-state index contributed by atoms with van der Waals surface area (Å²) in [5, 5.41) is 3.56. The fourth-order valence-electron chi connectivity index (χ4n) is 3.27. The highest BCUT2D eigenvalue weighted by Crippen LogP contribution is 2.24. The van der Waals surface area contributed by atoms with Gasteiger partial charge in [0.1, 0.15) is 0 Å². The van der Waals surface area contributed by atoms with Gasteiger partial charge in [0.2, 0.25) is 0 Å². The van der Waals surface area contributed by atoms with E-state index in [9.17, 15) is 0 Å². The summed E-state index contributed by atoms with van der Waals surface area (Å²) in [6.07, 6.45) is 12.9. The van der Waals surface area contributed by atoms with E-state index in [0.29, 0.717) is 0 Å². The van der Waals surface area contributed by atoms with Crippen LogP contribution in [0.3, 0.4) is 0 Å². The predicted octanol–water partition coefficient (Wildman–Crippen LogP) is 3.36. The minimum Gasteiger partial charge on any atom is -0.380 e. The van der Waals surface area contributed by atoms with E-state index in [1.54, 1.807) is 0 Å². The predicted molar refractivity (Wildman–Crippen MR) is 72.2 cm³/mol. The Bertz CT molecular complexity index is 183. The maximum atomic E-state index is 5.74. The van der Waals surface area contributed by atoms with Crippen molar-refractivity contribution in [3.05, 3.63) is 0 Å². The number of hydrogen-bond acceptors (Lipinski definition) is 2. The van der Waals surface area contributed by atoms with Crippen LogP contribution < -0.4 is 5.32 Å². The quantitative estimate of drug-likeness (QED) is 0.688. The molecule has 2 saturated carbocycles. The van der Waals surface area contributed by atoms with Gasteiger partial charge in [-0.2, -0.15) is 0 Å². The van der Waals surface area contributed by atoms with E-state index in [1.165, 1.54) is 64.3 Å². The van der Waals surface area contributed by atoms with Gasteiger partial charge in [-0.15, -0.1) is 0 Å². The SMILES string of the molecule is C1CCC(CNCCOCC2CCCC2)CC1. The monoisotopic (exact) mass is 239 g/mol. The molecule has 0 bridgehead atoms. The van der Waals surface area contributed by atoms with Crippen LogP contribution in [0, 0.1) is 11.8 Å². The summed E-state index contributed by atoms with van der Waals surface area (Å²) in [7, 11) is 0. The summed E-state index contributed by atoms with van der Waals surface area (Å²) < 4.78 is 5.74. The van der Waals surface area contributed by atoms with Crippen molar-refractivity contribution in [2.75, 3.05) is 26.3 Å². The lowest BCUT2D eigenvalue weighted by Crippen LogP contribution is -2.28. The summed E-state index contributed by atoms with van der Waals surface area (Å²) >= 11 is 0. The topological polar surface area (TPSA) is 21.3 Å². The van der Waals surface area contributed by atoms with Gasteiger partial charge < -0.3 is 10.1 Å². The minimum absolute atomic E-state index is 0.869. The van der Waals surface area contributed by atoms with Crippen molar-refractivity contribution < 1.29 is 4.74 Å². The van der Waals surface area contributed by atoms with E-state index in [2.05, 4.69) is 5.32 Å². The molecule has 1 N–H and O–H groups in total. The molecule has 2 rings (SSSR count). The van der Waals surface area contributed by atoms with Crippen LogP contribution in [-0.2, 0) is 4.74 Å². The molecule has 2 aliphatic carbocycles. The first-order chi connectivity index (χ1) is 8.45. The van der Waals surface area contributed by atoms with Crippen molar-refractivity contribution in [2.45, 2.75) is 57.8 Å². The van der Waals surface area contributed by atoms with Gasteiger partial charge in [0.25, 0.3) is 0 Å². The molecule has 2 nitrogen and oxygen atoms in total. The molecule has 0 spiro atoms. The number of nitrogens with one attached hydrogen (secondary N) is 1. The third-order valence-electron chi connectivity index (χ3n) is 4.41. The largest absolute Gasteiger partial charge is 0.380 e. The molecule has 0 aromatic rings. The molecule has 0 aliphatic heterocycles. The molecule has 2 aliphatic rings. The van der Waals surface area contributed by atoms with Crippen LogP contribution in [0.25, 0.3) is 0 Å². The van der Waals surface area contributed by atoms with Crippen LogP contribution in [0.15, 0.2) is 0 Å². The summed E-state index contributed by atoms with van der Waals surface area (Å²) in [5.74, 6) is 1.81. The Morgan fingerprint density at radius 1 is 0.824 bits per heavy atom. The molecule has 0 heterocycles. The van der Waals surface area contributed by atoms with Gasteiger partial charge in [-0.05, 0) is 44.1 Å². The van der Waals surface area contributed by atoms with Gasteiger partial charge in [0.05, 0.1) is 6.61 Å². The third kappa shape index (κ3) is 5.39. The molecule has 2 fully saturated rings. The Morgan fingerprint density at radius 3 is 2.24 bits per heavy atom. The fraction of sp³-hybridized carbons (Fsp3) is 1.00. The highest BCUT2D eigenvalue weighted by molar-refractivity contribution is 4.68. The van der Waals surface area contributed by atoms with Crippen LogP contribution in [0.4, 0.5) is 0 Å². The molecule has 100 valence electrons. The van der Waals surface area contributed by atoms with Gasteiger partial charge >= 0.3 is 0 Å². The van der Waals surface area contributed by atoms with Gasteiger partial charge in [0, 0.05) is 13.2 Å². The van der Waals surface area contributed by atoms with Crippen molar-refractivity contribution in [3.63, 3.8) is 0 Å². The van der Waals surface area contributed by atoms with Crippen LogP contribution in [0.2, 0.25) is 0 Å². The zero-order valence-corrected chi connectivity index (χ0v) is 11.3. The van der Waals surface area contributed by atoms with Crippen LogP contribution in [0.5, 0.6) is 0 Å². The first kappa shape index (κ1) is 13.4. The van der Waals surface area contributed by atoms with Crippen LogP contribution in [-0.4, -0.2) is 26.3 Å². The van der Waals surface area contributed by atoms with Crippen LogP contribution in [0.1, 0.15) is 57.8 Å². The van der Waals surface area contributed by atoms with E-state index >= 15 is 0 Å². The Kier molecular flexibility index (Phi) is 6.36. The Labute approximate surface area is 107 Å². The molecule has 0 aromatic carbocycles. The first-order valence-corrected chi connectivity index (χ1v) is 7.73. The second-order valence-corrected chi connectivity index (χ2v) is 5.93. The van der Waals surface area contributed by atoms with E-state index in [-0.39, 0.29) is 0 Å². The van der Waals surface area contributed by atoms with Crippen molar-refractivity contribution in [2.24, 2.45) is 11.8 Å². The third-order valence-corrected chi connectivity index (χ3v) is 4.41. The normalized spacial score (nSPS) is 23.3. The highest BCUT2D eigenvalue weighted by atomic mass is 16.5. The molecule has 2 heteroatoms. The Hall–Kier alpha value is -0.0800. The zero-order valence-electron chi connectivity index (χ0n) is 11.3. The lowest BCUT2D eigenvalue weighted by atomic mass is 9.89. The first-order valence-electron chi connectivity index (χ1n) is 7.73. The second kappa shape index (κ2) is 8.10. The van der Waals surface area contributed by atoms with Crippen molar-refractivity contribution >= 4 is 0 Å². The summed E-state index contributed by atoms with van der Waals surface area (Å²) in [5.41, 5.74) is 0. The second-order valence-electron chi connectivity index (χ2n) is 5.93. The molecule has 17 heavy (non-hydrogen) atoms. The number of hydrogen-bond donors (Lipinski definition) is 1. The number of rotatable bonds is 7. The summed E-state index contributed by atoms with van der Waals surface area (Å²) in [6.45, 7) is 4.17. The maximum absolute atomic E-state index is 5.74. The molecular formula is C15H29NO. The minimum atomic E-state index is 0.869. The average molecular weight is 239 g/mol. The highest BCUT2D eigenvalue weighted by Gasteiger charge is 2.15. The molecule has 0 radical (unpaired) electrons. The molecule has 0 aromatic heterocycles. The molecule has 0 amide bonds. The maximum Gasteiger partial charge on any atom is 0.0591 e. The summed E-state index contributed by atoms with van der Waals surface area (Å²) in [6, 6.07) is 0. The standard InChI is InChI=1S/C15H29NO/c1-2-6-14(7-3-1)12-16-10-11-17-13-15-8-4-5-9-15/h14-16H,1-13H2. The molecule has 0 saturated heterocycles. The van der Waals surface area contributed by atoms with Crippen molar-refractivity contribution in [1.82, 2.24) is 5.32 Å². The van der Waals surface area contributed by atoms with Gasteiger partial charge in [-0.1, -0.05) is 32.1 Å².